The van der Waals surface area contributed by atoms with Gasteiger partial charge in [0.1, 0.15) is 6.07 Å². The van der Waals surface area contributed by atoms with Crippen LogP contribution in [0.2, 0.25) is 0 Å². The lowest BCUT2D eigenvalue weighted by atomic mass is 10.1. The molecule has 3 nitrogen and oxygen atoms in total. The zero-order valence-electron chi connectivity index (χ0n) is 10.8. The SMILES string of the molecule is CCCC(COC)Nc1cc(C)ccc1C#N. The van der Waals surface area contributed by atoms with Crippen molar-refractivity contribution >= 4 is 5.69 Å². The molecule has 0 aromatic heterocycles. The van der Waals surface area contributed by atoms with Crippen molar-refractivity contribution in [3.63, 3.8) is 0 Å². The molecule has 3 heteroatoms. The standard InChI is InChI=1S/C14H20N2O/c1-4-5-13(10-17-3)16-14-8-11(2)6-7-12(14)9-15/h6-8,13,16H,4-5,10H2,1-3H3. The quantitative estimate of drug-likeness (QED) is 0.819. The molecule has 17 heavy (non-hydrogen) atoms. The van der Waals surface area contributed by atoms with Crippen LogP contribution in [0.3, 0.4) is 0 Å². The van der Waals surface area contributed by atoms with Crippen LogP contribution < -0.4 is 5.32 Å². The van der Waals surface area contributed by atoms with Gasteiger partial charge in [-0.15, -0.1) is 0 Å². The Hall–Kier alpha value is -1.53. The van der Waals surface area contributed by atoms with Gasteiger partial charge in [-0.1, -0.05) is 19.4 Å². The van der Waals surface area contributed by atoms with E-state index in [1.165, 1.54) is 0 Å². The van der Waals surface area contributed by atoms with E-state index >= 15 is 0 Å². The van der Waals surface area contributed by atoms with Gasteiger partial charge in [0.05, 0.1) is 17.9 Å². The third-order valence-corrected chi connectivity index (χ3v) is 2.66. The Bertz CT molecular complexity index is 390. The van der Waals surface area contributed by atoms with Crippen molar-refractivity contribution in [3.05, 3.63) is 29.3 Å². The van der Waals surface area contributed by atoms with Crippen molar-refractivity contribution in [2.45, 2.75) is 32.7 Å². The summed E-state index contributed by atoms with van der Waals surface area (Å²) in [6, 6.07) is 8.29. The highest BCUT2D eigenvalue weighted by atomic mass is 16.5. The number of ether oxygens (including phenoxy) is 1. The van der Waals surface area contributed by atoms with Gasteiger partial charge in [0, 0.05) is 13.2 Å². The Balaban J connectivity index is 2.84. The highest BCUT2D eigenvalue weighted by Gasteiger charge is 2.10. The van der Waals surface area contributed by atoms with Gasteiger partial charge in [-0.2, -0.15) is 5.26 Å². The first-order chi connectivity index (χ1) is 8.21. The Morgan fingerprint density at radius 2 is 2.24 bits per heavy atom. The van der Waals surface area contributed by atoms with Crippen molar-refractivity contribution in [1.29, 1.82) is 5.26 Å². The van der Waals surface area contributed by atoms with Crippen LogP contribution >= 0.6 is 0 Å². The number of anilines is 1. The molecule has 1 N–H and O–H groups in total. The molecular formula is C14H20N2O. The van der Waals surface area contributed by atoms with Crippen LogP contribution in [0, 0.1) is 18.3 Å². The molecule has 1 atom stereocenters. The van der Waals surface area contributed by atoms with E-state index < -0.39 is 0 Å². The Kier molecular flexibility index (Phi) is 5.51. The molecule has 92 valence electrons. The zero-order chi connectivity index (χ0) is 12.7. The van der Waals surface area contributed by atoms with Gasteiger partial charge >= 0.3 is 0 Å². The minimum Gasteiger partial charge on any atom is -0.383 e. The first-order valence-electron chi connectivity index (χ1n) is 5.97. The molecule has 0 aliphatic carbocycles. The fraction of sp³-hybridized carbons (Fsp3) is 0.500. The highest BCUT2D eigenvalue weighted by molar-refractivity contribution is 5.59. The van der Waals surface area contributed by atoms with Gasteiger partial charge < -0.3 is 10.1 Å². The first-order valence-corrected chi connectivity index (χ1v) is 5.97. The minimum atomic E-state index is 0.263. The third kappa shape index (κ3) is 4.08. The van der Waals surface area contributed by atoms with Crippen LogP contribution in [-0.2, 0) is 4.74 Å². The van der Waals surface area contributed by atoms with Gasteiger partial charge in [-0.25, -0.2) is 0 Å². The van der Waals surface area contributed by atoms with Crippen molar-refractivity contribution in [2.75, 3.05) is 19.0 Å². The van der Waals surface area contributed by atoms with Crippen LogP contribution in [0.4, 0.5) is 5.69 Å². The summed E-state index contributed by atoms with van der Waals surface area (Å²) in [5.74, 6) is 0. The third-order valence-electron chi connectivity index (χ3n) is 2.66. The molecule has 0 heterocycles. The maximum absolute atomic E-state index is 9.06. The molecule has 0 saturated heterocycles. The molecule has 1 unspecified atom stereocenters. The fourth-order valence-corrected chi connectivity index (χ4v) is 1.84. The molecule has 0 fully saturated rings. The molecular weight excluding hydrogens is 212 g/mol. The Labute approximate surface area is 103 Å². The minimum absolute atomic E-state index is 0.263. The van der Waals surface area contributed by atoms with E-state index in [1.807, 2.05) is 25.1 Å². The monoisotopic (exact) mass is 232 g/mol. The number of hydrogen-bond donors (Lipinski definition) is 1. The van der Waals surface area contributed by atoms with Crippen LogP contribution in [0.5, 0.6) is 0 Å². The Morgan fingerprint density at radius 1 is 1.47 bits per heavy atom. The molecule has 1 rings (SSSR count). The number of aryl methyl sites for hydroxylation is 1. The number of nitrogens with one attached hydrogen (secondary N) is 1. The van der Waals surface area contributed by atoms with Crippen LogP contribution in [0.15, 0.2) is 18.2 Å². The van der Waals surface area contributed by atoms with Crippen molar-refractivity contribution < 1.29 is 4.74 Å². The lowest BCUT2D eigenvalue weighted by Gasteiger charge is -2.19. The molecule has 0 aliphatic rings. The number of hydrogen-bond acceptors (Lipinski definition) is 3. The van der Waals surface area contributed by atoms with Crippen LogP contribution in [-0.4, -0.2) is 19.8 Å². The van der Waals surface area contributed by atoms with Crippen molar-refractivity contribution in [3.8, 4) is 6.07 Å². The molecule has 1 aromatic rings. The summed E-state index contributed by atoms with van der Waals surface area (Å²) in [5.41, 5.74) is 2.75. The average molecular weight is 232 g/mol. The molecule has 0 amide bonds. The lowest BCUT2D eigenvalue weighted by molar-refractivity contribution is 0.182. The predicted octanol–water partition coefficient (Wildman–Crippen LogP) is 3.09. The number of methoxy groups -OCH3 is 1. The number of nitrogens with zero attached hydrogens (tertiary/aromatic N) is 1. The molecule has 0 radical (unpaired) electrons. The summed E-state index contributed by atoms with van der Waals surface area (Å²) in [6.45, 7) is 4.83. The summed E-state index contributed by atoms with van der Waals surface area (Å²) in [7, 11) is 1.70. The van der Waals surface area contributed by atoms with Crippen LogP contribution in [0.1, 0.15) is 30.9 Å². The van der Waals surface area contributed by atoms with Crippen LogP contribution in [0.25, 0.3) is 0 Å². The van der Waals surface area contributed by atoms with E-state index in [4.69, 9.17) is 10.00 Å². The van der Waals surface area contributed by atoms with Gasteiger partial charge in [-0.3, -0.25) is 0 Å². The summed E-state index contributed by atoms with van der Waals surface area (Å²) in [6.07, 6.45) is 2.13. The summed E-state index contributed by atoms with van der Waals surface area (Å²) >= 11 is 0. The molecule has 0 bridgehead atoms. The van der Waals surface area contributed by atoms with E-state index in [0.29, 0.717) is 12.2 Å². The number of rotatable bonds is 6. The van der Waals surface area contributed by atoms with E-state index in [0.717, 1.165) is 24.1 Å². The van der Waals surface area contributed by atoms with Gasteiger partial charge in [0.2, 0.25) is 0 Å². The molecule has 0 aliphatic heterocycles. The smallest absolute Gasteiger partial charge is 0.101 e. The van der Waals surface area contributed by atoms with Gasteiger partial charge in [-0.05, 0) is 31.0 Å². The van der Waals surface area contributed by atoms with E-state index in [-0.39, 0.29) is 6.04 Å². The predicted molar refractivity (Wildman–Crippen MR) is 70.1 cm³/mol. The average Bonchev–Trinajstić information content (AvgIpc) is 2.30. The summed E-state index contributed by atoms with van der Waals surface area (Å²) in [5, 5.41) is 12.5. The van der Waals surface area contributed by atoms with E-state index in [2.05, 4.69) is 18.3 Å². The molecule has 1 aromatic carbocycles. The van der Waals surface area contributed by atoms with E-state index in [9.17, 15) is 0 Å². The second kappa shape index (κ2) is 6.93. The number of benzene rings is 1. The molecule has 0 saturated carbocycles. The topological polar surface area (TPSA) is 45.0 Å². The maximum atomic E-state index is 9.06. The Morgan fingerprint density at radius 3 is 2.82 bits per heavy atom. The highest BCUT2D eigenvalue weighted by Crippen LogP contribution is 2.18. The van der Waals surface area contributed by atoms with Gasteiger partial charge in [0.25, 0.3) is 0 Å². The summed E-state index contributed by atoms with van der Waals surface area (Å²) in [4.78, 5) is 0. The first kappa shape index (κ1) is 13.5. The fourth-order valence-electron chi connectivity index (χ4n) is 1.84. The molecule has 0 spiro atoms. The maximum Gasteiger partial charge on any atom is 0.101 e. The second-order valence-corrected chi connectivity index (χ2v) is 4.25. The number of nitriles is 1. The van der Waals surface area contributed by atoms with Crippen molar-refractivity contribution in [2.24, 2.45) is 0 Å². The largest absolute Gasteiger partial charge is 0.383 e. The lowest BCUT2D eigenvalue weighted by Crippen LogP contribution is -2.25. The zero-order valence-corrected chi connectivity index (χ0v) is 10.8. The van der Waals surface area contributed by atoms with Crippen molar-refractivity contribution in [1.82, 2.24) is 0 Å². The van der Waals surface area contributed by atoms with Gasteiger partial charge in [0.15, 0.2) is 0 Å². The normalized spacial score (nSPS) is 11.9. The van der Waals surface area contributed by atoms with E-state index in [1.54, 1.807) is 7.11 Å². The summed E-state index contributed by atoms with van der Waals surface area (Å²) < 4.78 is 5.19. The second-order valence-electron chi connectivity index (χ2n) is 4.25.